The molecule has 2 atom stereocenters. The van der Waals surface area contributed by atoms with Crippen molar-refractivity contribution in [1.29, 1.82) is 0 Å². The molecule has 0 radical (unpaired) electrons. The minimum Gasteiger partial charge on any atom is -0.480 e. The van der Waals surface area contributed by atoms with E-state index in [9.17, 15) is 14.4 Å². The van der Waals surface area contributed by atoms with Crippen LogP contribution in [-0.2, 0) is 14.4 Å². The van der Waals surface area contributed by atoms with Crippen LogP contribution >= 0.6 is 0 Å². The van der Waals surface area contributed by atoms with Gasteiger partial charge in [-0.3, -0.25) is 9.59 Å². The van der Waals surface area contributed by atoms with Crippen molar-refractivity contribution >= 4 is 17.8 Å². The lowest BCUT2D eigenvalue weighted by Crippen LogP contribution is -2.45. The number of hydrogen-bond donors (Lipinski definition) is 4. The second-order valence-electron chi connectivity index (χ2n) is 4.11. The van der Waals surface area contributed by atoms with Crippen LogP contribution in [0.3, 0.4) is 0 Å². The number of nitrogens with two attached hydrogens (primary N) is 1. The first-order valence-corrected chi connectivity index (χ1v) is 5.90. The third kappa shape index (κ3) is 6.85. The van der Waals surface area contributed by atoms with Crippen LogP contribution in [0.5, 0.6) is 0 Å². The maximum atomic E-state index is 11.7. The largest absolute Gasteiger partial charge is 0.480 e. The number of carbonyl (C=O) groups is 3. The summed E-state index contributed by atoms with van der Waals surface area (Å²) in [6, 6.07) is -1.07. The van der Waals surface area contributed by atoms with Gasteiger partial charge >= 0.3 is 5.97 Å². The first-order chi connectivity index (χ1) is 8.38. The zero-order chi connectivity index (χ0) is 14.1. The van der Waals surface area contributed by atoms with Crippen molar-refractivity contribution in [3.8, 4) is 0 Å². The standard InChI is InChI=1S/C11H21N3O4/c1-3-13-6-7(2)10(16)14-8(11(17)18)4-5-9(12)15/h7-8,13H,3-6H2,1-2H3,(H2,12,15)(H,14,16)(H,17,18)/t7?,8-/m0/s1. The molecule has 0 aliphatic rings. The van der Waals surface area contributed by atoms with E-state index in [-0.39, 0.29) is 24.7 Å². The molecule has 0 heterocycles. The molecule has 18 heavy (non-hydrogen) atoms. The summed E-state index contributed by atoms with van der Waals surface area (Å²) < 4.78 is 0. The highest BCUT2D eigenvalue weighted by atomic mass is 16.4. The van der Waals surface area contributed by atoms with Gasteiger partial charge in [0.1, 0.15) is 6.04 Å². The van der Waals surface area contributed by atoms with Crippen LogP contribution < -0.4 is 16.4 Å². The van der Waals surface area contributed by atoms with E-state index in [1.54, 1.807) is 6.92 Å². The van der Waals surface area contributed by atoms with Crippen LogP contribution in [-0.4, -0.2) is 42.0 Å². The van der Waals surface area contributed by atoms with Crippen LogP contribution in [0.1, 0.15) is 26.7 Å². The van der Waals surface area contributed by atoms with Crippen LogP contribution in [0.2, 0.25) is 0 Å². The summed E-state index contributed by atoms with van der Waals surface area (Å²) in [5.74, 6) is -2.44. The van der Waals surface area contributed by atoms with E-state index in [0.717, 1.165) is 6.54 Å². The fourth-order valence-corrected chi connectivity index (χ4v) is 1.31. The van der Waals surface area contributed by atoms with Gasteiger partial charge in [0.15, 0.2) is 0 Å². The maximum Gasteiger partial charge on any atom is 0.326 e. The van der Waals surface area contributed by atoms with Crippen molar-refractivity contribution in [3.05, 3.63) is 0 Å². The summed E-state index contributed by atoms with van der Waals surface area (Å²) >= 11 is 0. The van der Waals surface area contributed by atoms with Gasteiger partial charge in [-0.05, 0) is 13.0 Å². The second kappa shape index (κ2) is 8.46. The highest BCUT2D eigenvalue weighted by Crippen LogP contribution is 2.00. The third-order valence-electron chi connectivity index (χ3n) is 2.44. The molecular weight excluding hydrogens is 238 g/mol. The van der Waals surface area contributed by atoms with Gasteiger partial charge < -0.3 is 21.5 Å². The Bertz CT molecular complexity index is 307. The average molecular weight is 259 g/mol. The highest BCUT2D eigenvalue weighted by molar-refractivity contribution is 5.85. The minimum absolute atomic E-state index is 0.00430. The molecule has 0 aliphatic carbocycles. The van der Waals surface area contributed by atoms with Gasteiger partial charge in [-0.25, -0.2) is 4.79 Å². The molecule has 0 aliphatic heterocycles. The molecule has 7 nitrogen and oxygen atoms in total. The van der Waals surface area contributed by atoms with Crippen molar-refractivity contribution < 1.29 is 19.5 Å². The van der Waals surface area contributed by atoms with E-state index in [1.165, 1.54) is 0 Å². The fourth-order valence-electron chi connectivity index (χ4n) is 1.31. The Morgan fingerprint density at radius 2 is 1.94 bits per heavy atom. The van der Waals surface area contributed by atoms with Crippen LogP contribution in [0, 0.1) is 5.92 Å². The van der Waals surface area contributed by atoms with Crippen molar-refractivity contribution in [2.24, 2.45) is 11.7 Å². The summed E-state index contributed by atoms with van der Waals surface area (Å²) in [7, 11) is 0. The Labute approximate surface area is 106 Å². The molecule has 104 valence electrons. The Morgan fingerprint density at radius 3 is 2.39 bits per heavy atom. The molecule has 0 saturated heterocycles. The summed E-state index contributed by atoms with van der Waals surface area (Å²) in [6.07, 6.45) is -0.0663. The van der Waals surface area contributed by atoms with E-state index in [4.69, 9.17) is 10.8 Å². The summed E-state index contributed by atoms with van der Waals surface area (Å²) in [5.41, 5.74) is 4.94. The molecule has 0 rings (SSSR count). The Balaban J connectivity index is 4.26. The SMILES string of the molecule is CCNCC(C)C(=O)N[C@@H](CCC(N)=O)C(=O)O. The van der Waals surface area contributed by atoms with Crippen molar-refractivity contribution in [1.82, 2.24) is 10.6 Å². The topological polar surface area (TPSA) is 122 Å². The Hall–Kier alpha value is -1.63. The Kier molecular flexibility index (Phi) is 7.69. The van der Waals surface area contributed by atoms with Crippen molar-refractivity contribution in [2.75, 3.05) is 13.1 Å². The van der Waals surface area contributed by atoms with E-state index in [2.05, 4.69) is 10.6 Å². The molecular formula is C11H21N3O4. The summed E-state index contributed by atoms with van der Waals surface area (Å²) in [5, 5.41) is 14.3. The van der Waals surface area contributed by atoms with E-state index in [0.29, 0.717) is 6.54 Å². The summed E-state index contributed by atoms with van der Waals surface area (Å²) in [4.78, 5) is 33.2. The normalized spacial score (nSPS) is 13.7. The first-order valence-electron chi connectivity index (χ1n) is 5.90. The Morgan fingerprint density at radius 1 is 1.33 bits per heavy atom. The number of carboxylic acids is 1. The van der Waals surface area contributed by atoms with Crippen molar-refractivity contribution in [3.63, 3.8) is 0 Å². The van der Waals surface area contributed by atoms with E-state index >= 15 is 0 Å². The molecule has 0 aromatic carbocycles. The number of hydrogen-bond acceptors (Lipinski definition) is 4. The predicted octanol–water partition coefficient (Wildman–Crippen LogP) is -0.933. The molecule has 0 saturated carbocycles. The lowest BCUT2D eigenvalue weighted by atomic mass is 10.1. The lowest BCUT2D eigenvalue weighted by molar-refractivity contribution is -0.142. The van der Waals surface area contributed by atoms with Gasteiger partial charge in [-0.2, -0.15) is 0 Å². The van der Waals surface area contributed by atoms with Crippen LogP contribution in [0.4, 0.5) is 0 Å². The average Bonchev–Trinajstić information content (AvgIpc) is 2.30. The zero-order valence-electron chi connectivity index (χ0n) is 10.7. The molecule has 1 unspecified atom stereocenters. The fraction of sp³-hybridized carbons (Fsp3) is 0.727. The molecule has 0 aromatic heterocycles. The third-order valence-corrected chi connectivity index (χ3v) is 2.44. The van der Waals surface area contributed by atoms with Crippen LogP contribution in [0.25, 0.3) is 0 Å². The number of primary amides is 1. The molecule has 0 aromatic rings. The monoisotopic (exact) mass is 259 g/mol. The number of carboxylic acid groups (broad SMARTS) is 1. The molecule has 0 bridgehead atoms. The minimum atomic E-state index is -1.17. The molecule has 7 heteroatoms. The number of aliphatic carboxylic acids is 1. The molecule has 2 amide bonds. The first kappa shape index (κ1) is 16.4. The second-order valence-corrected chi connectivity index (χ2v) is 4.11. The van der Waals surface area contributed by atoms with E-state index < -0.39 is 17.9 Å². The lowest BCUT2D eigenvalue weighted by Gasteiger charge is -2.17. The predicted molar refractivity (Wildman–Crippen MR) is 65.7 cm³/mol. The number of rotatable bonds is 9. The van der Waals surface area contributed by atoms with E-state index in [1.807, 2.05) is 6.92 Å². The quantitative estimate of drug-likeness (QED) is 0.426. The highest BCUT2D eigenvalue weighted by Gasteiger charge is 2.22. The van der Waals surface area contributed by atoms with Crippen LogP contribution in [0.15, 0.2) is 0 Å². The summed E-state index contributed by atoms with van der Waals surface area (Å²) in [6.45, 7) is 4.83. The van der Waals surface area contributed by atoms with Gasteiger partial charge in [0.2, 0.25) is 11.8 Å². The van der Waals surface area contributed by atoms with Crippen molar-refractivity contribution in [2.45, 2.75) is 32.7 Å². The molecule has 5 N–H and O–H groups in total. The maximum absolute atomic E-state index is 11.7. The number of nitrogens with one attached hydrogen (secondary N) is 2. The smallest absolute Gasteiger partial charge is 0.326 e. The van der Waals surface area contributed by atoms with Gasteiger partial charge in [-0.15, -0.1) is 0 Å². The molecule has 0 fully saturated rings. The van der Waals surface area contributed by atoms with Gasteiger partial charge in [0, 0.05) is 18.9 Å². The van der Waals surface area contributed by atoms with Gasteiger partial charge in [0.25, 0.3) is 0 Å². The number of carbonyl (C=O) groups excluding carboxylic acids is 2. The van der Waals surface area contributed by atoms with Gasteiger partial charge in [-0.1, -0.05) is 13.8 Å². The number of amides is 2. The van der Waals surface area contributed by atoms with Gasteiger partial charge in [0.05, 0.1) is 0 Å². The zero-order valence-corrected chi connectivity index (χ0v) is 10.7. The molecule has 0 spiro atoms.